The van der Waals surface area contributed by atoms with Crippen LogP contribution in [0.15, 0.2) is 65.7 Å². The van der Waals surface area contributed by atoms with Gasteiger partial charge in [0.15, 0.2) is 5.17 Å². The number of aryl methyl sites for hydroxylation is 2. The maximum absolute atomic E-state index is 13.5. The summed E-state index contributed by atoms with van der Waals surface area (Å²) in [5.41, 5.74) is 3.12. The van der Waals surface area contributed by atoms with Crippen molar-refractivity contribution in [2.24, 2.45) is 4.99 Å². The van der Waals surface area contributed by atoms with Crippen molar-refractivity contribution in [3.05, 3.63) is 93.0 Å². The molecular weight excluding hydrogens is 536 g/mol. The lowest BCUT2D eigenvalue weighted by molar-refractivity contribution is -0.384. The maximum Gasteiger partial charge on any atom is 0.335 e. The number of carbonyl (C=O) groups is 3. The van der Waals surface area contributed by atoms with Crippen LogP contribution in [0.3, 0.4) is 0 Å². The summed E-state index contributed by atoms with van der Waals surface area (Å²) in [5, 5.41) is 22.8. The molecule has 0 aliphatic carbocycles. The summed E-state index contributed by atoms with van der Waals surface area (Å²) in [4.78, 5) is 54.7. The number of rotatable bonds is 9. The van der Waals surface area contributed by atoms with E-state index in [1.165, 1.54) is 42.3 Å². The van der Waals surface area contributed by atoms with Gasteiger partial charge in [-0.2, -0.15) is 0 Å². The first-order chi connectivity index (χ1) is 19.0. The number of benzene rings is 3. The molecule has 0 aromatic heterocycles. The molecule has 3 aromatic rings. The number of amides is 2. The van der Waals surface area contributed by atoms with Crippen molar-refractivity contribution >= 4 is 51.8 Å². The molecule has 3 aromatic carbocycles. The normalized spacial score (nSPS) is 15.8. The number of ether oxygens (including phenoxy) is 1. The van der Waals surface area contributed by atoms with E-state index in [9.17, 15) is 29.6 Å². The predicted molar refractivity (Wildman–Crippen MR) is 151 cm³/mol. The van der Waals surface area contributed by atoms with Gasteiger partial charge in [0.25, 0.3) is 5.69 Å². The van der Waals surface area contributed by atoms with Crippen molar-refractivity contribution in [3.63, 3.8) is 0 Å². The Hall–Kier alpha value is -4.71. The highest BCUT2D eigenvalue weighted by Crippen LogP contribution is 2.35. The number of carboxylic acids is 1. The van der Waals surface area contributed by atoms with E-state index in [1.807, 2.05) is 32.0 Å². The van der Waals surface area contributed by atoms with Gasteiger partial charge in [0.2, 0.25) is 11.8 Å². The van der Waals surface area contributed by atoms with Crippen LogP contribution in [0.5, 0.6) is 5.75 Å². The smallest absolute Gasteiger partial charge is 0.335 e. The Morgan fingerprint density at radius 3 is 2.48 bits per heavy atom. The lowest BCUT2D eigenvalue weighted by atomic mass is 10.1. The topological polar surface area (TPSA) is 151 Å². The Labute approximate surface area is 234 Å². The van der Waals surface area contributed by atoms with Gasteiger partial charge in [-0.1, -0.05) is 41.6 Å². The molecule has 11 nitrogen and oxygen atoms in total. The van der Waals surface area contributed by atoms with Gasteiger partial charge in [0, 0.05) is 6.42 Å². The number of hydrogen-bond donors (Lipinski definition) is 2. The quantitative estimate of drug-likeness (QED) is 0.271. The number of amidine groups is 1. The number of nitro groups is 1. The van der Waals surface area contributed by atoms with Crippen molar-refractivity contribution in [2.45, 2.75) is 32.1 Å². The minimum absolute atomic E-state index is 0.00852. The molecule has 0 radical (unpaired) electrons. The molecule has 206 valence electrons. The first-order valence-corrected chi connectivity index (χ1v) is 13.0. The Morgan fingerprint density at radius 2 is 1.85 bits per heavy atom. The molecule has 12 heteroatoms. The van der Waals surface area contributed by atoms with E-state index in [1.54, 1.807) is 12.1 Å². The summed E-state index contributed by atoms with van der Waals surface area (Å²) >= 11 is 1.13. The fourth-order valence-corrected chi connectivity index (χ4v) is 5.25. The Bertz CT molecular complexity index is 1520. The fourth-order valence-electron chi connectivity index (χ4n) is 4.10. The van der Waals surface area contributed by atoms with Gasteiger partial charge in [0.1, 0.15) is 16.7 Å². The predicted octanol–water partition coefficient (Wildman–Crippen LogP) is 5.08. The molecular formula is C28H26N4O7S. The number of nitrogens with zero attached hydrogens (tertiary/aromatic N) is 3. The highest BCUT2D eigenvalue weighted by Gasteiger charge is 2.39. The van der Waals surface area contributed by atoms with E-state index in [2.05, 4.69) is 5.32 Å². The molecule has 1 atom stereocenters. The zero-order valence-corrected chi connectivity index (χ0v) is 22.7. The molecule has 4 rings (SSSR count). The van der Waals surface area contributed by atoms with E-state index < -0.39 is 22.0 Å². The highest BCUT2D eigenvalue weighted by atomic mass is 32.2. The van der Waals surface area contributed by atoms with E-state index in [-0.39, 0.29) is 41.6 Å². The lowest BCUT2D eigenvalue weighted by Crippen LogP contribution is -2.33. The van der Waals surface area contributed by atoms with Gasteiger partial charge < -0.3 is 15.2 Å². The van der Waals surface area contributed by atoms with Crippen LogP contribution in [0.2, 0.25) is 0 Å². The minimum Gasteiger partial charge on any atom is -0.496 e. The lowest BCUT2D eigenvalue weighted by Gasteiger charge is -2.17. The third-order valence-corrected chi connectivity index (χ3v) is 7.35. The van der Waals surface area contributed by atoms with Crippen molar-refractivity contribution in [2.75, 3.05) is 12.4 Å². The Morgan fingerprint density at radius 1 is 1.12 bits per heavy atom. The van der Waals surface area contributed by atoms with Crippen LogP contribution in [0.1, 0.15) is 33.5 Å². The Balaban J connectivity index is 1.59. The monoisotopic (exact) mass is 562 g/mol. The van der Waals surface area contributed by atoms with Crippen LogP contribution >= 0.6 is 11.8 Å². The van der Waals surface area contributed by atoms with Crippen molar-refractivity contribution in [1.29, 1.82) is 0 Å². The molecule has 0 bridgehead atoms. The largest absolute Gasteiger partial charge is 0.496 e. The van der Waals surface area contributed by atoms with Gasteiger partial charge in [-0.3, -0.25) is 24.6 Å². The summed E-state index contributed by atoms with van der Waals surface area (Å²) in [7, 11) is 1.38. The summed E-state index contributed by atoms with van der Waals surface area (Å²) in [5.74, 6) is -1.71. The molecule has 1 heterocycles. The number of carbonyl (C=O) groups excluding carboxylic acids is 2. The average molecular weight is 563 g/mol. The summed E-state index contributed by atoms with van der Waals surface area (Å²) in [6.45, 7) is 4.00. The van der Waals surface area contributed by atoms with E-state index in [0.717, 1.165) is 22.9 Å². The molecule has 2 N–H and O–H groups in total. The second kappa shape index (κ2) is 12.0. The van der Waals surface area contributed by atoms with Crippen LogP contribution in [-0.4, -0.2) is 50.2 Å². The van der Waals surface area contributed by atoms with Crippen LogP contribution in [0.4, 0.5) is 17.1 Å². The molecule has 0 spiro atoms. The van der Waals surface area contributed by atoms with E-state index in [0.29, 0.717) is 16.4 Å². The standard InChI is InChI=1S/C28H26N4O7S/c1-16-4-10-21(17(2)12-16)30-28-31(15-18-5-7-19(8-6-18)27(35)36)26(34)24(40-28)14-25(33)29-22-11-9-20(39-3)13-23(22)32(37)38/h4-13,24H,14-15H2,1-3H3,(H,29,33)(H,35,36). The number of methoxy groups -OCH3 is 1. The maximum atomic E-state index is 13.5. The van der Waals surface area contributed by atoms with E-state index in [4.69, 9.17) is 9.73 Å². The van der Waals surface area contributed by atoms with E-state index >= 15 is 0 Å². The van der Waals surface area contributed by atoms with Crippen molar-refractivity contribution in [3.8, 4) is 5.75 Å². The van der Waals surface area contributed by atoms with Gasteiger partial charge in [-0.15, -0.1) is 0 Å². The molecule has 1 saturated heterocycles. The first kappa shape index (κ1) is 28.3. The van der Waals surface area contributed by atoms with Gasteiger partial charge >= 0.3 is 5.97 Å². The number of hydrogen-bond acceptors (Lipinski definition) is 8. The summed E-state index contributed by atoms with van der Waals surface area (Å²) in [6, 6.07) is 16.0. The minimum atomic E-state index is -1.06. The van der Waals surface area contributed by atoms with Crippen LogP contribution < -0.4 is 10.1 Å². The van der Waals surface area contributed by atoms with Gasteiger partial charge in [0.05, 0.1) is 35.9 Å². The average Bonchev–Trinajstić information content (AvgIpc) is 3.19. The molecule has 0 saturated carbocycles. The Kier molecular flexibility index (Phi) is 8.49. The fraction of sp³-hybridized carbons (Fsp3) is 0.214. The van der Waals surface area contributed by atoms with Crippen LogP contribution in [-0.2, 0) is 16.1 Å². The number of aromatic carboxylic acids is 1. The van der Waals surface area contributed by atoms with Crippen LogP contribution in [0.25, 0.3) is 0 Å². The number of anilines is 1. The molecule has 2 amide bonds. The first-order valence-electron chi connectivity index (χ1n) is 12.1. The summed E-state index contributed by atoms with van der Waals surface area (Å²) < 4.78 is 5.03. The number of aliphatic imine (C=N–C) groups is 1. The van der Waals surface area contributed by atoms with Crippen molar-refractivity contribution in [1.82, 2.24) is 4.90 Å². The molecule has 1 fully saturated rings. The van der Waals surface area contributed by atoms with Crippen molar-refractivity contribution < 1.29 is 29.2 Å². The van der Waals surface area contributed by atoms with Gasteiger partial charge in [-0.25, -0.2) is 9.79 Å². The van der Waals surface area contributed by atoms with Gasteiger partial charge in [-0.05, 0) is 55.3 Å². The number of carboxylic acid groups (broad SMARTS) is 1. The third kappa shape index (κ3) is 6.46. The van der Waals surface area contributed by atoms with Crippen LogP contribution in [0, 0.1) is 24.0 Å². The molecule has 1 aliphatic heterocycles. The number of nitro benzene ring substituents is 1. The second-order valence-corrected chi connectivity index (χ2v) is 10.3. The zero-order valence-electron chi connectivity index (χ0n) is 21.9. The number of thioether (sulfide) groups is 1. The third-order valence-electron chi connectivity index (χ3n) is 6.18. The highest BCUT2D eigenvalue weighted by molar-refractivity contribution is 8.15. The number of nitrogens with one attached hydrogen (secondary N) is 1. The second-order valence-electron chi connectivity index (χ2n) is 9.11. The molecule has 1 aliphatic rings. The SMILES string of the molecule is COc1ccc(NC(=O)CC2SC(=Nc3ccc(C)cc3C)N(Cc3ccc(C(=O)O)cc3)C2=O)c([N+](=O)[O-])c1. The molecule has 40 heavy (non-hydrogen) atoms. The zero-order chi connectivity index (χ0) is 29.0. The summed E-state index contributed by atoms with van der Waals surface area (Å²) in [6.07, 6.45) is -0.243. The molecule has 1 unspecified atom stereocenters.